The fourth-order valence-electron chi connectivity index (χ4n) is 4.05. The number of likely N-dealkylation sites (tertiary alicyclic amines) is 1. The number of rotatable bonds is 4. The molecular weight excluding hydrogens is 324 g/mol. The average Bonchev–Trinajstić information content (AvgIpc) is 3.11. The van der Waals surface area contributed by atoms with Gasteiger partial charge >= 0.3 is 0 Å². The van der Waals surface area contributed by atoms with Crippen molar-refractivity contribution in [2.45, 2.75) is 24.8 Å². The summed E-state index contributed by atoms with van der Waals surface area (Å²) < 4.78 is 0. The maximum Gasteiger partial charge on any atom is 0.273 e. The fourth-order valence-corrected chi connectivity index (χ4v) is 4.05. The van der Waals surface area contributed by atoms with Crippen molar-refractivity contribution in [1.29, 1.82) is 0 Å². The number of hydrogen-bond donors (Lipinski definition) is 1. The Kier molecular flexibility index (Phi) is 4.43. The number of hydrogen-bond acceptors (Lipinski definition) is 3. The maximum atomic E-state index is 13.4. The molecule has 26 heavy (non-hydrogen) atoms. The minimum atomic E-state index is -0.558. The maximum absolute atomic E-state index is 13.4. The summed E-state index contributed by atoms with van der Waals surface area (Å²) >= 11 is 0. The van der Waals surface area contributed by atoms with Crippen LogP contribution in [0.1, 0.15) is 28.9 Å². The number of aliphatic hydroxyl groups is 1. The van der Waals surface area contributed by atoms with Gasteiger partial charge in [-0.25, -0.2) is 0 Å². The Morgan fingerprint density at radius 2 is 1.85 bits per heavy atom. The van der Waals surface area contributed by atoms with Crippen LogP contribution < -0.4 is 0 Å². The SMILES string of the molecule is O=C(c1nccc2ccccc12)N1CCC[C@@]1(CO)Cc1ccccc1. The summed E-state index contributed by atoms with van der Waals surface area (Å²) in [5, 5.41) is 12.1. The van der Waals surface area contributed by atoms with Gasteiger partial charge in [-0.1, -0.05) is 54.6 Å². The van der Waals surface area contributed by atoms with Crippen LogP contribution in [0.4, 0.5) is 0 Å². The van der Waals surface area contributed by atoms with E-state index in [0.717, 1.165) is 29.2 Å². The van der Waals surface area contributed by atoms with E-state index in [1.807, 2.05) is 53.4 Å². The highest BCUT2D eigenvalue weighted by molar-refractivity contribution is 6.05. The molecule has 4 nitrogen and oxygen atoms in total. The second kappa shape index (κ2) is 6.89. The van der Waals surface area contributed by atoms with Gasteiger partial charge in [-0.3, -0.25) is 9.78 Å². The van der Waals surface area contributed by atoms with Gasteiger partial charge in [0.15, 0.2) is 0 Å². The van der Waals surface area contributed by atoms with Crippen LogP contribution in [-0.2, 0) is 6.42 Å². The number of aromatic nitrogens is 1. The van der Waals surface area contributed by atoms with Crippen LogP contribution >= 0.6 is 0 Å². The molecule has 2 heterocycles. The van der Waals surface area contributed by atoms with Crippen molar-refractivity contribution in [3.05, 3.63) is 78.1 Å². The first-order valence-corrected chi connectivity index (χ1v) is 9.04. The molecule has 1 N–H and O–H groups in total. The van der Waals surface area contributed by atoms with Gasteiger partial charge in [-0.2, -0.15) is 0 Å². The second-order valence-electron chi connectivity index (χ2n) is 6.99. The van der Waals surface area contributed by atoms with Gasteiger partial charge in [0.1, 0.15) is 5.69 Å². The van der Waals surface area contributed by atoms with Gasteiger partial charge < -0.3 is 10.0 Å². The first kappa shape index (κ1) is 16.7. The molecule has 1 aliphatic heterocycles. The summed E-state index contributed by atoms with van der Waals surface area (Å²) in [4.78, 5) is 19.6. The number of carbonyl (C=O) groups is 1. The molecular formula is C22H22N2O2. The van der Waals surface area contributed by atoms with Gasteiger partial charge in [0.2, 0.25) is 0 Å². The molecule has 1 aromatic heterocycles. The molecule has 0 saturated carbocycles. The lowest BCUT2D eigenvalue weighted by Gasteiger charge is -2.37. The number of fused-ring (bicyclic) bond motifs is 1. The molecule has 4 heteroatoms. The van der Waals surface area contributed by atoms with Crippen molar-refractivity contribution in [2.75, 3.05) is 13.2 Å². The van der Waals surface area contributed by atoms with Crippen molar-refractivity contribution in [2.24, 2.45) is 0 Å². The Hall–Kier alpha value is -2.72. The number of nitrogens with zero attached hydrogens (tertiary/aromatic N) is 2. The lowest BCUT2D eigenvalue weighted by atomic mass is 9.88. The Labute approximate surface area is 153 Å². The summed E-state index contributed by atoms with van der Waals surface area (Å²) in [6, 6.07) is 19.8. The van der Waals surface area contributed by atoms with Crippen LogP contribution in [-0.4, -0.2) is 39.6 Å². The highest BCUT2D eigenvalue weighted by Crippen LogP contribution is 2.34. The molecule has 0 spiro atoms. The van der Waals surface area contributed by atoms with Crippen LogP contribution in [0.3, 0.4) is 0 Å². The molecule has 3 aromatic rings. The third-order valence-electron chi connectivity index (χ3n) is 5.39. The molecule has 0 radical (unpaired) electrons. The lowest BCUT2D eigenvalue weighted by Crippen LogP contribution is -2.51. The monoisotopic (exact) mass is 346 g/mol. The van der Waals surface area contributed by atoms with Gasteiger partial charge in [-0.05, 0) is 36.3 Å². The second-order valence-corrected chi connectivity index (χ2v) is 6.99. The van der Waals surface area contributed by atoms with E-state index in [4.69, 9.17) is 0 Å². The van der Waals surface area contributed by atoms with E-state index in [2.05, 4.69) is 17.1 Å². The molecule has 0 unspecified atom stereocenters. The molecule has 1 atom stereocenters. The van der Waals surface area contributed by atoms with Crippen molar-refractivity contribution in [1.82, 2.24) is 9.88 Å². The summed E-state index contributed by atoms with van der Waals surface area (Å²) in [5.74, 6) is -0.0933. The fraction of sp³-hybridized carbons (Fsp3) is 0.273. The van der Waals surface area contributed by atoms with E-state index in [-0.39, 0.29) is 12.5 Å². The van der Waals surface area contributed by atoms with Crippen LogP contribution in [0.15, 0.2) is 66.9 Å². The average molecular weight is 346 g/mol. The van der Waals surface area contributed by atoms with Gasteiger partial charge in [0, 0.05) is 18.1 Å². The van der Waals surface area contributed by atoms with Crippen molar-refractivity contribution in [3.63, 3.8) is 0 Å². The summed E-state index contributed by atoms with van der Waals surface area (Å²) in [6.45, 7) is 0.607. The lowest BCUT2D eigenvalue weighted by molar-refractivity contribution is 0.0409. The molecule has 1 amide bonds. The molecule has 1 fully saturated rings. The van der Waals surface area contributed by atoms with E-state index in [1.165, 1.54) is 0 Å². The molecule has 1 aliphatic rings. The normalized spacial score (nSPS) is 19.8. The Bertz CT molecular complexity index is 920. The van der Waals surface area contributed by atoms with Crippen molar-refractivity contribution in [3.8, 4) is 0 Å². The number of aliphatic hydroxyl groups excluding tert-OH is 1. The minimum absolute atomic E-state index is 0.0433. The van der Waals surface area contributed by atoms with Crippen LogP contribution in [0.2, 0.25) is 0 Å². The summed E-state index contributed by atoms with van der Waals surface area (Å²) in [6.07, 6.45) is 4.03. The molecule has 0 aliphatic carbocycles. The zero-order valence-corrected chi connectivity index (χ0v) is 14.6. The number of carbonyl (C=O) groups excluding carboxylic acids is 1. The molecule has 132 valence electrons. The quantitative estimate of drug-likeness (QED) is 0.787. The Morgan fingerprint density at radius 3 is 2.65 bits per heavy atom. The zero-order valence-electron chi connectivity index (χ0n) is 14.6. The van der Waals surface area contributed by atoms with Crippen molar-refractivity contribution < 1.29 is 9.90 Å². The summed E-state index contributed by atoms with van der Waals surface area (Å²) in [7, 11) is 0. The number of amides is 1. The van der Waals surface area contributed by atoms with Crippen LogP contribution in [0.5, 0.6) is 0 Å². The Morgan fingerprint density at radius 1 is 1.08 bits per heavy atom. The predicted molar refractivity (Wildman–Crippen MR) is 102 cm³/mol. The van der Waals surface area contributed by atoms with Gasteiger partial charge in [0.25, 0.3) is 5.91 Å². The first-order chi connectivity index (χ1) is 12.7. The van der Waals surface area contributed by atoms with Gasteiger partial charge in [-0.15, -0.1) is 0 Å². The minimum Gasteiger partial charge on any atom is -0.394 e. The highest BCUT2D eigenvalue weighted by atomic mass is 16.3. The van der Waals surface area contributed by atoms with E-state index in [9.17, 15) is 9.90 Å². The van der Waals surface area contributed by atoms with Crippen LogP contribution in [0, 0.1) is 0 Å². The Balaban J connectivity index is 1.71. The zero-order chi connectivity index (χ0) is 18.0. The van der Waals surface area contributed by atoms with Crippen LogP contribution in [0.25, 0.3) is 10.8 Å². The number of pyridine rings is 1. The first-order valence-electron chi connectivity index (χ1n) is 9.04. The molecule has 4 rings (SSSR count). The number of benzene rings is 2. The molecule has 0 bridgehead atoms. The van der Waals surface area contributed by atoms with E-state index in [0.29, 0.717) is 18.7 Å². The largest absolute Gasteiger partial charge is 0.394 e. The standard InChI is InChI=1S/C22H22N2O2/c25-16-22(15-17-7-2-1-3-8-17)12-6-14-24(22)21(26)20-19-10-5-4-9-18(19)11-13-23-20/h1-5,7-11,13,25H,6,12,14-16H2/t22-/m0/s1. The summed E-state index contributed by atoms with van der Waals surface area (Å²) in [5.41, 5.74) is 1.04. The highest BCUT2D eigenvalue weighted by Gasteiger charge is 2.44. The van der Waals surface area contributed by atoms with Gasteiger partial charge in [0.05, 0.1) is 12.1 Å². The van der Waals surface area contributed by atoms with E-state index in [1.54, 1.807) is 6.20 Å². The smallest absolute Gasteiger partial charge is 0.273 e. The molecule has 1 saturated heterocycles. The third-order valence-corrected chi connectivity index (χ3v) is 5.39. The van der Waals surface area contributed by atoms with E-state index >= 15 is 0 Å². The van der Waals surface area contributed by atoms with E-state index < -0.39 is 5.54 Å². The predicted octanol–water partition coefficient (Wildman–Crippen LogP) is 3.44. The van der Waals surface area contributed by atoms with Crippen molar-refractivity contribution >= 4 is 16.7 Å². The third kappa shape index (κ3) is 2.86. The topological polar surface area (TPSA) is 53.4 Å². The molecule has 2 aromatic carbocycles.